The predicted octanol–water partition coefficient (Wildman–Crippen LogP) is 0.203. The largest absolute Gasteiger partial charge is 0.508 e. The van der Waals surface area contributed by atoms with Crippen LogP contribution in [0, 0.1) is 0 Å². The summed E-state index contributed by atoms with van der Waals surface area (Å²) in [6.07, 6.45) is 1.07. The van der Waals surface area contributed by atoms with E-state index in [-0.39, 0.29) is 11.5 Å². The van der Waals surface area contributed by atoms with Crippen molar-refractivity contribution in [2.45, 2.75) is 12.8 Å². The van der Waals surface area contributed by atoms with Crippen LogP contribution in [0.15, 0.2) is 24.3 Å². The topological polar surface area (TPSA) is 92.4 Å². The van der Waals surface area contributed by atoms with Crippen LogP contribution in [0.3, 0.4) is 0 Å². The number of benzene rings is 1. The number of rotatable bonds is 7. The fourth-order valence-electron chi connectivity index (χ4n) is 1.36. The van der Waals surface area contributed by atoms with Crippen molar-refractivity contribution in [1.82, 2.24) is 4.72 Å². The first kappa shape index (κ1) is 14.0. The quantitative estimate of drug-likeness (QED) is 0.651. The van der Waals surface area contributed by atoms with Crippen molar-refractivity contribution in [3.8, 4) is 5.75 Å². The lowest BCUT2D eigenvalue weighted by Crippen LogP contribution is -2.29. The average Bonchev–Trinajstić information content (AvgIpc) is 2.29. The molecule has 96 valence electrons. The smallest absolute Gasteiger partial charge is 0.211 e. The van der Waals surface area contributed by atoms with E-state index >= 15 is 0 Å². The average molecular weight is 258 g/mol. The van der Waals surface area contributed by atoms with Crippen molar-refractivity contribution in [3.63, 3.8) is 0 Å². The normalized spacial score (nSPS) is 11.6. The summed E-state index contributed by atoms with van der Waals surface area (Å²) in [7, 11) is -3.20. The molecular weight excluding hydrogens is 240 g/mol. The van der Waals surface area contributed by atoms with Crippen LogP contribution in [0.5, 0.6) is 5.75 Å². The third-order valence-electron chi connectivity index (χ3n) is 2.29. The minimum atomic E-state index is -3.20. The van der Waals surface area contributed by atoms with Gasteiger partial charge in [-0.15, -0.1) is 0 Å². The molecule has 0 aliphatic carbocycles. The lowest BCUT2D eigenvalue weighted by atomic mass is 10.1. The second-order valence-corrected chi connectivity index (χ2v) is 5.70. The van der Waals surface area contributed by atoms with E-state index in [2.05, 4.69) is 4.72 Å². The Morgan fingerprint density at radius 2 is 1.88 bits per heavy atom. The van der Waals surface area contributed by atoms with Crippen molar-refractivity contribution in [3.05, 3.63) is 29.8 Å². The van der Waals surface area contributed by atoms with Gasteiger partial charge in [0.2, 0.25) is 10.0 Å². The molecule has 1 rings (SSSR count). The van der Waals surface area contributed by atoms with Gasteiger partial charge in [0.15, 0.2) is 0 Å². The molecule has 0 aliphatic heterocycles. The van der Waals surface area contributed by atoms with Gasteiger partial charge in [-0.3, -0.25) is 0 Å². The predicted molar refractivity (Wildman–Crippen MR) is 67.3 cm³/mol. The molecule has 0 saturated carbocycles. The van der Waals surface area contributed by atoms with Crippen LogP contribution in [0.25, 0.3) is 0 Å². The second kappa shape index (κ2) is 6.58. The van der Waals surface area contributed by atoms with Crippen LogP contribution in [0.1, 0.15) is 12.0 Å². The van der Waals surface area contributed by atoms with E-state index < -0.39 is 10.0 Å². The first-order chi connectivity index (χ1) is 8.03. The summed E-state index contributed by atoms with van der Waals surface area (Å²) in [5, 5.41) is 9.09. The molecule has 0 spiro atoms. The number of phenols is 1. The Balaban J connectivity index is 2.34. The van der Waals surface area contributed by atoms with E-state index in [0.717, 1.165) is 5.56 Å². The Morgan fingerprint density at radius 3 is 2.47 bits per heavy atom. The van der Waals surface area contributed by atoms with Crippen molar-refractivity contribution >= 4 is 10.0 Å². The van der Waals surface area contributed by atoms with Crippen LogP contribution in [0.2, 0.25) is 0 Å². The molecule has 0 saturated heterocycles. The maximum Gasteiger partial charge on any atom is 0.211 e. The zero-order valence-corrected chi connectivity index (χ0v) is 10.4. The zero-order valence-electron chi connectivity index (χ0n) is 9.59. The van der Waals surface area contributed by atoms with Crippen LogP contribution >= 0.6 is 0 Å². The highest BCUT2D eigenvalue weighted by Crippen LogP contribution is 2.09. The van der Waals surface area contributed by atoms with Gasteiger partial charge >= 0.3 is 0 Å². The molecule has 5 nitrogen and oxygen atoms in total. The molecule has 0 bridgehead atoms. The zero-order chi connectivity index (χ0) is 12.7. The van der Waals surface area contributed by atoms with Gasteiger partial charge in [0.05, 0.1) is 5.75 Å². The molecule has 4 N–H and O–H groups in total. The van der Waals surface area contributed by atoms with Crippen molar-refractivity contribution in [1.29, 1.82) is 0 Å². The number of nitrogens with one attached hydrogen (secondary N) is 1. The number of hydrogen-bond acceptors (Lipinski definition) is 4. The van der Waals surface area contributed by atoms with Gasteiger partial charge in [-0.05, 0) is 37.1 Å². The molecule has 0 radical (unpaired) electrons. The third kappa shape index (κ3) is 5.67. The minimum Gasteiger partial charge on any atom is -0.508 e. The Bertz CT molecular complexity index is 429. The molecule has 1 aromatic rings. The fourth-order valence-corrected chi connectivity index (χ4v) is 2.46. The van der Waals surface area contributed by atoms with E-state index in [1.165, 1.54) is 0 Å². The van der Waals surface area contributed by atoms with E-state index in [1.807, 2.05) is 0 Å². The molecule has 0 aliphatic rings. The van der Waals surface area contributed by atoms with Crippen molar-refractivity contribution in [2.24, 2.45) is 5.73 Å². The van der Waals surface area contributed by atoms with Gasteiger partial charge in [0.1, 0.15) is 5.75 Å². The summed E-state index contributed by atoms with van der Waals surface area (Å²) >= 11 is 0. The Morgan fingerprint density at radius 1 is 1.24 bits per heavy atom. The van der Waals surface area contributed by atoms with E-state index in [1.54, 1.807) is 24.3 Å². The summed E-state index contributed by atoms with van der Waals surface area (Å²) in [5.74, 6) is 0.274. The molecule has 1 aromatic carbocycles. The Labute approximate surface area is 102 Å². The van der Waals surface area contributed by atoms with E-state index in [9.17, 15) is 8.42 Å². The summed E-state index contributed by atoms with van der Waals surface area (Å²) in [6.45, 7) is 0.733. The molecule has 0 fully saturated rings. The van der Waals surface area contributed by atoms with Gasteiger partial charge in [-0.2, -0.15) is 0 Å². The molecule has 0 heterocycles. The minimum absolute atomic E-state index is 0.0685. The van der Waals surface area contributed by atoms with Crippen LogP contribution in [-0.4, -0.2) is 32.4 Å². The number of hydrogen-bond donors (Lipinski definition) is 3. The summed E-state index contributed by atoms with van der Waals surface area (Å²) in [4.78, 5) is 0. The highest BCUT2D eigenvalue weighted by molar-refractivity contribution is 7.89. The standard InChI is InChI=1S/C11H18N2O3S/c12-7-1-9-17(15,16)13-8-6-10-2-4-11(14)5-3-10/h2-5,13-14H,1,6-9,12H2. The maximum atomic E-state index is 11.4. The number of phenolic OH excluding ortho intramolecular Hbond substituents is 1. The summed E-state index contributed by atoms with van der Waals surface area (Å²) in [6, 6.07) is 6.70. The fraction of sp³-hybridized carbons (Fsp3) is 0.455. The SMILES string of the molecule is NCCCS(=O)(=O)NCCc1ccc(O)cc1. The maximum absolute atomic E-state index is 11.4. The molecule has 0 unspecified atom stereocenters. The van der Waals surface area contributed by atoms with Gasteiger partial charge in [-0.1, -0.05) is 12.1 Å². The van der Waals surface area contributed by atoms with Gasteiger partial charge in [0, 0.05) is 6.54 Å². The van der Waals surface area contributed by atoms with E-state index in [4.69, 9.17) is 10.8 Å². The summed E-state index contributed by atoms with van der Waals surface area (Å²) in [5.41, 5.74) is 6.23. The lowest BCUT2D eigenvalue weighted by molar-refractivity contribution is 0.475. The first-order valence-corrected chi connectivity index (χ1v) is 7.14. The molecule has 0 aromatic heterocycles. The molecule has 6 heteroatoms. The van der Waals surface area contributed by atoms with Crippen molar-refractivity contribution in [2.75, 3.05) is 18.8 Å². The van der Waals surface area contributed by atoms with Gasteiger partial charge in [-0.25, -0.2) is 13.1 Å². The number of sulfonamides is 1. The van der Waals surface area contributed by atoms with Crippen LogP contribution < -0.4 is 10.5 Å². The summed E-state index contributed by atoms with van der Waals surface area (Å²) < 4.78 is 25.4. The molecule has 0 amide bonds. The first-order valence-electron chi connectivity index (χ1n) is 5.49. The number of aromatic hydroxyl groups is 1. The van der Waals surface area contributed by atoms with E-state index in [0.29, 0.717) is 25.9 Å². The van der Waals surface area contributed by atoms with Crippen molar-refractivity contribution < 1.29 is 13.5 Å². The van der Waals surface area contributed by atoms with Crippen LogP contribution in [-0.2, 0) is 16.4 Å². The second-order valence-electron chi connectivity index (χ2n) is 3.77. The highest BCUT2D eigenvalue weighted by atomic mass is 32.2. The Kier molecular flexibility index (Phi) is 5.40. The third-order valence-corrected chi connectivity index (χ3v) is 3.76. The van der Waals surface area contributed by atoms with Crippen LogP contribution in [0.4, 0.5) is 0 Å². The Hall–Kier alpha value is -1.11. The van der Waals surface area contributed by atoms with Gasteiger partial charge in [0.25, 0.3) is 0 Å². The highest BCUT2D eigenvalue weighted by Gasteiger charge is 2.08. The molecule has 0 atom stereocenters. The monoisotopic (exact) mass is 258 g/mol. The lowest BCUT2D eigenvalue weighted by Gasteiger charge is -2.06. The molecule has 17 heavy (non-hydrogen) atoms. The molecular formula is C11H18N2O3S. The number of nitrogens with two attached hydrogens (primary N) is 1. The van der Waals surface area contributed by atoms with Gasteiger partial charge < -0.3 is 10.8 Å².